The van der Waals surface area contributed by atoms with E-state index in [2.05, 4.69) is 15.9 Å². The van der Waals surface area contributed by atoms with Crippen LogP contribution in [0.2, 0.25) is 0 Å². The van der Waals surface area contributed by atoms with Crippen molar-refractivity contribution in [3.05, 3.63) is 64.1 Å². The van der Waals surface area contributed by atoms with Gasteiger partial charge in [-0.15, -0.1) is 0 Å². The Labute approximate surface area is 133 Å². The maximum absolute atomic E-state index is 5.86. The standard InChI is InChI=1S/C17H17BrO3/c1-17(20-9-10-21-17)15-11-14(7-8-16(15)18)19-12-13-5-3-2-4-6-13/h2-8,11H,9-10,12H2,1H3. The van der Waals surface area contributed by atoms with Crippen LogP contribution in [0.5, 0.6) is 5.75 Å². The van der Waals surface area contributed by atoms with Crippen molar-refractivity contribution in [3.8, 4) is 5.75 Å². The van der Waals surface area contributed by atoms with E-state index >= 15 is 0 Å². The molecule has 0 aromatic heterocycles. The van der Waals surface area contributed by atoms with Gasteiger partial charge >= 0.3 is 0 Å². The Morgan fingerprint density at radius 2 is 1.81 bits per heavy atom. The summed E-state index contributed by atoms with van der Waals surface area (Å²) in [5, 5.41) is 0. The second kappa shape index (κ2) is 6.18. The lowest BCUT2D eigenvalue weighted by atomic mass is 10.1. The predicted molar refractivity (Wildman–Crippen MR) is 84.2 cm³/mol. The summed E-state index contributed by atoms with van der Waals surface area (Å²) in [6.45, 7) is 3.69. The summed E-state index contributed by atoms with van der Waals surface area (Å²) in [5.74, 6) is 0.0997. The fourth-order valence-corrected chi connectivity index (χ4v) is 2.96. The highest BCUT2D eigenvalue weighted by Gasteiger charge is 2.35. The van der Waals surface area contributed by atoms with Gasteiger partial charge in [-0.2, -0.15) is 0 Å². The number of benzene rings is 2. The third-order valence-corrected chi connectivity index (χ3v) is 4.21. The van der Waals surface area contributed by atoms with Crippen LogP contribution >= 0.6 is 15.9 Å². The lowest BCUT2D eigenvalue weighted by Gasteiger charge is -2.24. The van der Waals surface area contributed by atoms with Gasteiger partial charge in [-0.1, -0.05) is 46.3 Å². The monoisotopic (exact) mass is 348 g/mol. The summed E-state index contributed by atoms with van der Waals surface area (Å²) < 4.78 is 18.3. The molecule has 21 heavy (non-hydrogen) atoms. The van der Waals surface area contributed by atoms with Crippen LogP contribution in [0.3, 0.4) is 0 Å². The van der Waals surface area contributed by atoms with Gasteiger partial charge < -0.3 is 14.2 Å². The maximum atomic E-state index is 5.86. The topological polar surface area (TPSA) is 27.7 Å². The highest BCUT2D eigenvalue weighted by atomic mass is 79.9. The molecule has 0 N–H and O–H groups in total. The van der Waals surface area contributed by atoms with Gasteiger partial charge in [-0.05, 0) is 30.7 Å². The molecule has 2 aromatic rings. The third kappa shape index (κ3) is 3.28. The van der Waals surface area contributed by atoms with Gasteiger partial charge in [0.2, 0.25) is 0 Å². The van der Waals surface area contributed by atoms with Gasteiger partial charge in [0.1, 0.15) is 12.4 Å². The van der Waals surface area contributed by atoms with Crippen molar-refractivity contribution in [2.75, 3.05) is 13.2 Å². The molecule has 110 valence electrons. The minimum atomic E-state index is -0.703. The summed E-state index contributed by atoms with van der Waals surface area (Å²) in [7, 11) is 0. The number of rotatable bonds is 4. The lowest BCUT2D eigenvalue weighted by Crippen LogP contribution is -2.23. The Kier molecular flexibility index (Phi) is 4.29. The first kappa shape index (κ1) is 14.6. The van der Waals surface area contributed by atoms with Crippen molar-refractivity contribution in [1.82, 2.24) is 0 Å². The van der Waals surface area contributed by atoms with E-state index in [0.29, 0.717) is 19.8 Å². The van der Waals surface area contributed by atoms with Gasteiger partial charge in [0.05, 0.1) is 13.2 Å². The zero-order valence-corrected chi connectivity index (χ0v) is 13.4. The molecule has 1 fully saturated rings. The molecule has 1 aliphatic rings. The van der Waals surface area contributed by atoms with Gasteiger partial charge in [0, 0.05) is 10.0 Å². The van der Waals surface area contributed by atoms with Crippen LogP contribution in [0.1, 0.15) is 18.1 Å². The SMILES string of the molecule is CC1(c2cc(OCc3ccccc3)ccc2Br)OCCO1. The molecule has 0 bridgehead atoms. The molecule has 1 aliphatic heterocycles. The average molecular weight is 349 g/mol. The highest BCUT2D eigenvalue weighted by molar-refractivity contribution is 9.10. The molecule has 4 heteroatoms. The first-order valence-electron chi connectivity index (χ1n) is 6.92. The predicted octanol–water partition coefficient (Wildman–Crippen LogP) is 4.25. The zero-order valence-electron chi connectivity index (χ0n) is 11.8. The second-order valence-electron chi connectivity index (χ2n) is 5.06. The normalized spacial score (nSPS) is 16.9. The Morgan fingerprint density at radius 3 is 2.52 bits per heavy atom. The minimum Gasteiger partial charge on any atom is -0.489 e. The Hall–Kier alpha value is -1.36. The van der Waals surface area contributed by atoms with Crippen molar-refractivity contribution in [2.45, 2.75) is 19.3 Å². The summed E-state index contributed by atoms with van der Waals surface area (Å²) >= 11 is 3.56. The number of ether oxygens (including phenoxy) is 3. The Bertz CT molecular complexity index is 607. The Balaban J connectivity index is 1.78. The molecule has 2 aromatic carbocycles. The van der Waals surface area contributed by atoms with E-state index < -0.39 is 5.79 Å². The quantitative estimate of drug-likeness (QED) is 0.826. The minimum absolute atomic E-state index is 0.542. The second-order valence-corrected chi connectivity index (χ2v) is 5.91. The van der Waals surface area contributed by atoms with Gasteiger partial charge in [0.25, 0.3) is 0 Å². The van der Waals surface area contributed by atoms with Crippen LogP contribution < -0.4 is 4.74 Å². The first-order valence-corrected chi connectivity index (χ1v) is 7.71. The molecule has 0 spiro atoms. The number of hydrogen-bond acceptors (Lipinski definition) is 3. The fourth-order valence-electron chi connectivity index (χ4n) is 2.35. The molecule has 1 saturated heterocycles. The van der Waals surface area contributed by atoms with Crippen LogP contribution in [-0.4, -0.2) is 13.2 Å². The van der Waals surface area contributed by atoms with Crippen LogP contribution in [0, 0.1) is 0 Å². The molecule has 0 radical (unpaired) electrons. The van der Waals surface area contributed by atoms with Gasteiger partial charge in [0.15, 0.2) is 5.79 Å². The van der Waals surface area contributed by atoms with E-state index in [9.17, 15) is 0 Å². The van der Waals surface area contributed by atoms with Crippen molar-refractivity contribution in [2.24, 2.45) is 0 Å². The maximum Gasteiger partial charge on any atom is 0.193 e. The molecule has 0 aliphatic carbocycles. The third-order valence-electron chi connectivity index (χ3n) is 3.51. The van der Waals surface area contributed by atoms with E-state index in [1.54, 1.807) is 0 Å². The van der Waals surface area contributed by atoms with Crippen molar-refractivity contribution in [3.63, 3.8) is 0 Å². The summed E-state index contributed by atoms with van der Waals surface area (Å²) in [6.07, 6.45) is 0. The van der Waals surface area contributed by atoms with E-state index in [0.717, 1.165) is 21.3 Å². The van der Waals surface area contributed by atoms with Crippen molar-refractivity contribution >= 4 is 15.9 Å². The molecule has 3 nitrogen and oxygen atoms in total. The molecular formula is C17H17BrO3. The van der Waals surface area contributed by atoms with E-state index in [4.69, 9.17) is 14.2 Å². The number of halogens is 1. The molecule has 1 heterocycles. The summed E-state index contributed by atoms with van der Waals surface area (Å²) in [5.41, 5.74) is 2.09. The largest absolute Gasteiger partial charge is 0.489 e. The number of hydrogen-bond donors (Lipinski definition) is 0. The zero-order chi connectivity index (χ0) is 14.7. The molecular weight excluding hydrogens is 332 g/mol. The van der Waals surface area contributed by atoms with Crippen LogP contribution in [0.15, 0.2) is 53.0 Å². The molecule has 0 amide bonds. The van der Waals surface area contributed by atoms with E-state index in [1.165, 1.54) is 0 Å². The van der Waals surface area contributed by atoms with Gasteiger partial charge in [-0.3, -0.25) is 0 Å². The van der Waals surface area contributed by atoms with Crippen molar-refractivity contribution in [1.29, 1.82) is 0 Å². The summed E-state index contributed by atoms with van der Waals surface area (Å²) in [6, 6.07) is 16.0. The first-order chi connectivity index (χ1) is 10.2. The van der Waals surface area contributed by atoms with Crippen molar-refractivity contribution < 1.29 is 14.2 Å². The summed E-state index contributed by atoms with van der Waals surface area (Å²) in [4.78, 5) is 0. The average Bonchev–Trinajstić information content (AvgIpc) is 2.95. The van der Waals surface area contributed by atoms with Gasteiger partial charge in [-0.25, -0.2) is 0 Å². The molecule has 0 unspecified atom stereocenters. The smallest absolute Gasteiger partial charge is 0.193 e. The van der Waals surface area contributed by atoms with Crippen LogP contribution in [-0.2, 0) is 21.9 Å². The van der Waals surface area contributed by atoms with E-state index in [-0.39, 0.29) is 0 Å². The fraction of sp³-hybridized carbons (Fsp3) is 0.294. The highest BCUT2D eigenvalue weighted by Crippen LogP contribution is 2.37. The Morgan fingerprint density at radius 1 is 1.10 bits per heavy atom. The molecule has 0 atom stereocenters. The van der Waals surface area contributed by atoms with E-state index in [1.807, 2.05) is 55.5 Å². The molecule has 3 rings (SSSR count). The van der Waals surface area contributed by atoms with Crippen LogP contribution in [0.4, 0.5) is 0 Å². The van der Waals surface area contributed by atoms with Crippen LogP contribution in [0.25, 0.3) is 0 Å². The lowest BCUT2D eigenvalue weighted by molar-refractivity contribution is -0.150. The molecule has 0 saturated carbocycles.